The smallest absolute Gasteiger partial charge is 0.141 e. The Labute approximate surface area is 167 Å². The van der Waals surface area contributed by atoms with E-state index in [9.17, 15) is 8.42 Å². The molecule has 0 heterocycles. The molecule has 2 aromatic rings. The highest BCUT2D eigenvalue weighted by molar-refractivity contribution is 7.72. The minimum absolute atomic E-state index is 0.196. The predicted octanol–water partition coefficient (Wildman–Crippen LogP) is 3.63. The van der Waals surface area contributed by atoms with Gasteiger partial charge in [0.2, 0.25) is 0 Å². The summed E-state index contributed by atoms with van der Waals surface area (Å²) in [5.41, 5.74) is 14.8. The van der Waals surface area contributed by atoms with E-state index in [0.717, 1.165) is 25.7 Å². The van der Waals surface area contributed by atoms with Gasteiger partial charge in [-0.3, -0.25) is 0 Å². The van der Waals surface area contributed by atoms with Crippen LogP contribution >= 0.6 is 0 Å². The van der Waals surface area contributed by atoms with Crippen LogP contribution in [0.25, 0.3) is 11.1 Å². The molecule has 0 bridgehead atoms. The first-order valence-corrected chi connectivity index (χ1v) is 11.5. The van der Waals surface area contributed by atoms with Gasteiger partial charge in [-0.2, -0.15) is 0 Å². The Kier molecular flexibility index (Phi) is 4.29. The van der Waals surface area contributed by atoms with Crippen LogP contribution in [0.5, 0.6) is 0 Å². The standard InChI is InChI=1S/C24H25NO2S/c25-14-16-13-22-20(19-8-2-1-7-18(16)19)10-11-23-21(22)9-4-12-24(23,15-28(26)27)17-5-3-6-17/h1-3,5-8,10-11,16,28H,4,9,12-15,25H2. The number of nitrogens with two attached hydrogens (primary N) is 1. The Morgan fingerprint density at radius 2 is 1.89 bits per heavy atom. The summed E-state index contributed by atoms with van der Waals surface area (Å²) in [5, 5.41) is 0. The zero-order chi connectivity index (χ0) is 19.3. The van der Waals surface area contributed by atoms with Gasteiger partial charge < -0.3 is 5.73 Å². The highest BCUT2D eigenvalue weighted by Crippen LogP contribution is 2.50. The molecule has 0 saturated heterocycles. The molecule has 3 nitrogen and oxygen atoms in total. The van der Waals surface area contributed by atoms with Gasteiger partial charge in [-0.1, -0.05) is 54.6 Å². The van der Waals surface area contributed by atoms with E-state index in [1.807, 2.05) is 6.08 Å². The Balaban J connectivity index is 1.73. The van der Waals surface area contributed by atoms with Crippen molar-refractivity contribution < 1.29 is 8.42 Å². The lowest BCUT2D eigenvalue weighted by Gasteiger charge is -2.42. The number of thiol groups is 1. The van der Waals surface area contributed by atoms with Crippen molar-refractivity contribution in [3.63, 3.8) is 0 Å². The Hall–Kier alpha value is -2.17. The van der Waals surface area contributed by atoms with Crippen molar-refractivity contribution in [2.75, 3.05) is 12.3 Å². The van der Waals surface area contributed by atoms with Gasteiger partial charge in [-0.05, 0) is 71.2 Å². The summed E-state index contributed by atoms with van der Waals surface area (Å²) >= 11 is 0. The predicted molar refractivity (Wildman–Crippen MR) is 114 cm³/mol. The van der Waals surface area contributed by atoms with Gasteiger partial charge in [0, 0.05) is 11.3 Å². The topological polar surface area (TPSA) is 60.2 Å². The quantitative estimate of drug-likeness (QED) is 0.783. The molecule has 3 aliphatic carbocycles. The van der Waals surface area contributed by atoms with Crippen molar-refractivity contribution >= 4 is 10.7 Å². The van der Waals surface area contributed by atoms with Crippen molar-refractivity contribution in [3.8, 4) is 11.1 Å². The number of fused-ring (bicyclic) bond motifs is 5. The third-order valence-electron chi connectivity index (χ3n) is 6.91. The molecule has 0 saturated carbocycles. The number of rotatable bonds is 4. The summed E-state index contributed by atoms with van der Waals surface area (Å²) in [5.74, 6) is 0.520. The zero-order valence-corrected chi connectivity index (χ0v) is 16.8. The van der Waals surface area contributed by atoms with Crippen molar-refractivity contribution in [2.24, 2.45) is 5.73 Å². The monoisotopic (exact) mass is 391 g/mol. The van der Waals surface area contributed by atoms with E-state index in [2.05, 4.69) is 48.6 Å². The molecule has 0 amide bonds. The maximum absolute atomic E-state index is 11.8. The summed E-state index contributed by atoms with van der Waals surface area (Å²) in [6, 6.07) is 13.0. The van der Waals surface area contributed by atoms with Crippen molar-refractivity contribution in [3.05, 3.63) is 82.5 Å². The Bertz CT molecular complexity index is 1090. The van der Waals surface area contributed by atoms with Gasteiger partial charge in [0.15, 0.2) is 0 Å². The Morgan fingerprint density at radius 1 is 1.07 bits per heavy atom. The molecule has 3 aliphatic rings. The Morgan fingerprint density at radius 3 is 2.61 bits per heavy atom. The second kappa shape index (κ2) is 6.71. The number of hydrogen-bond acceptors (Lipinski definition) is 3. The van der Waals surface area contributed by atoms with E-state index in [-0.39, 0.29) is 11.2 Å². The summed E-state index contributed by atoms with van der Waals surface area (Å²) in [7, 11) is -2.46. The van der Waals surface area contributed by atoms with Crippen LogP contribution in [0.4, 0.5) is 0 Å². The van der Waals surface area contributed by atoms with Gasteiger partial charge in [0.25, 0.3) is 0 Å². The first kappa shape index (κ1) is 17.9. The first-order chi connectivity index (χ1) is 13.6. The van der Waals surface area contributed by atoms with E-state index >= 15 is 0 Å². The van der Waals surface area contributed by atoms with E-state index in [1.165, 1.54) is 39.0 Å². The lowest BCUT2D eigenvalue weighted by atomic mass is 9.62. The molecular formula is C24H25NO2S. The average molecular weight is 392 g/mol. The van der Waals surface area contributed by atoms with Crippen molar-refractivity contribution in [1.82, 2.24) is 0 Å². The van der Waals surface area contributed by atoms with E-state index in [0.29, 0.717) is 12.5 Å². The van der Waals surface area contributed by atoms with Crippen LogP contribution in [0, 0.1) is 0 Å². The van der Waals surface area contributed by atoms with E-state index in [1.54, 1.807) is 0 Å². The van der Waals surface area contributed by atoms with Gasteiger partial charge in [0.05, 0.1) is 5.75 Å². The van der Waals surface area contributed by atoms with Crippen LogP contribution < -0.4 is 5.73 Å². The average Bonchev–Trinajstić information content (AvgIpc) is 2.65. The van der Waals surface area contributed by atoms with Gasteiger partial charge in [-0.15, -0.1) is 0 Å². The molecule has 0 radical (unpaired) electrons. The van der Waals surface area contributed by atoms with Crippen LogP contribution in [0.3, 0.4) is 0 Å². The molecule has 2 unspecified atom stereocenters. The van der Waals surface area contributed by atoms with Gasteiger partial charge in [0.1, 0.15) is 10.7 Å². The lowest BCUT2D eigenvalue weighted by molar-refractivity contribution is 0.458. The minimum atomic E-state index is -2.46. The fourth-order valence-electron chi connectivity index (χ4n) is 5.57. The van der Waals surface area contributed by atoms with Crippen LogP contribution in [0.15, 0.2) is 60.2 Å². The van der Waals surface area contributed by atoms with Gasteiger partial charge >= 0.3 is 0 Å². The highest BCUT2D eigenvalue weighted by Gasteiger charge is 2.42. The molecule has 2 atom stereocenters. The largest absolute Gasteiger partial charge is 0.330 e. The minimum Gasteiger partial charge on any atom is -0.330 e. The van der Waals surface area contributed by atoms with Crippen LogP contribution in [0.2, 0.25) is 0 Å². The molecular weight excluding hydrogens is 366 g/mol. The second-order valence-electron chi connectivity index (χ2n) is 8.25. The molecule has 5 rings (SSSR count). The number of allylic oxidation sites excluding steroid dienone is 4. The molecule has 28 heavy (non-hydrogen) atoms. The molecule has 0 fully saturated rings. The number of hydrogen-bond donors (Lipinski definition) is 2. The second-order valence-corrected chi connectivity index (χ2v) is 9.23. The maximum Gasteiger partial charge on any atom is 0.141 e. The molecule has 0 spiro atoms. The first-order valence-electron chi connectivity index (χ1n) is 10.1. The lowest BCUT2D eigenvalue weighted by Crippen LogP contribution is -2.38. The van der Waals surface area contributed by atoms with Gasteiger partial charge in [-0.25, -0.2) is 8.42 Å². The van der Waals surface area contributed by atoms with Crippen LogP contribution in [-0.2, 0) is 29.0 Å². The SMILES string of the molecule is NCC1Cc2c(ccc3c2CCCC3(C[SH](=O)=O)C2=CC=C2)-c2ccccc21. The van der Waals surface area contributed by atoms with E-state index < -0.39 is 10.7 Å². The molecule has 2 N–H and O–H groups in total. The van der Waals surface area contributed by atoms with Crippen LogP contribution in [-0.4, -0.2) is 20.7 Å². The molecule has 0 aromatic heterocycles. The summed E-state index contributed by atoms with van der Waals surface area (Å²) in [6.07, 6.45) is 10.1. The summed E-state index contributed by atoms with van der Waals surface area (Å²) in [4.78, 5) is 0. The fourth-order valence-corrected chi connectivity index (χ4v) is 6.52. The summed E-state index contributed by atoms with van der Waals surface area (Å²) < 4.78 is 23.7. The molecule has 4 heteroatoms. The third-order valence-corrected chi connectivity index (χ3v) is 7.70. The normalized spacial score (nSPS) is 24.8. The molecule has 0 aliphatic heterocycles. The summed E-state index contributed by atoms with van der Waals surface area (Å²) in [6.45, 7) is 0.631. The van der Waals surface area contributed by atoms with E-state index in [4.69, 9.17) is 5.73 Å². The fraction of sp³-hybridized carbons (Fsp3) is 0.333. The maximum atomic E-state index is 11.8. The van der Waals surface area contributed by atoms with Crippen LogP contribution in [0.1, 0.15) is 41.0 Å². The highest BCUT2D eigenvalue weighted by atomic mass is 32.2. The van der Waals surface area contributed by atoms with Crippen molar-refractivity contribution in [1.29, 1.82) is 0 Å². The van der Waals surface area contributed by atoms with Crippen molar-refractivity contribution in [2.45, 2.75) is 37.0 Å². The molecule has 2 aromatic carbocycles. The molecule has 144 valence electrons. The third kappa shape index (κ3) is 2.55. The number of benzene rings is 2. The zero-order valence-electron chi connectivity index (χ0n) is 15.9.